The molecular weight excluding hydrogens is 320 g/mol. The molecule has 0 unspecified atom stereocenters. The van der Waals surface area contributed by atoms with Crippen LogP contribution in [0.15, 0.2) is 18.6 Å². The minimum absolute atomic E-state index is 0.123. The Balaban J connectivity index is 1.75. The fourth-order valence-electron chi connectivity index (χ4n) is 2.90. The van der Waals surface area contributed by atoms with E-state index >= 15 is 0 Å². The molecule has 0 aliphatic carbocycles. The predicted octanol–water partition coefficient (Wildman–Crippen LogP) is 1.54. The zero-order valence-corrected chi connectivity index (χ0v) is 15.5. The van der Waals surface area contributed by atoms with Gasteiger partial charge in [-0.05, 0) is 34.6 Å². The van der Waals surface area contributed by atoms with Crippen molar-refractivity contribution >= 4 is 5.91 Å². The maximum Gasteiger partial charge on any atom is 0.257 e. The van der Waals surface area contributed by atoms with E-state index in [1.807, 2.05) is 34.6 Å². The Morgan fingerprint density at radius 2 is 2.04 bits per heavy atom. The zero-order valence-electron chi connectivity index (χ0n) is 15.5. The van der Waals surface area contributed by atoms with Crippen LogP contribution in [0.2, 0.25) is 0 Å². The molecule has 3 heterocycles. The summed E-state index contributed by atoms with van der Waals surface area (Å²) in [7, 11) is 0. The second kappa shape index (κ2) is 5.94. The van der Waals surface area contributed by atoms with Crippen LogP contribution in [0.3, 0.4) is 0 Å². The molecule has 0 bridgehead atoms. The molecule has 1 aliphatic rings. The molecule has 3 rings (SSSR count). The lowest BCUT2D eigenvalue weighted by Crippen LogP contribution is -2.34. The van der Waals surface area contributed by atoms with E-state index in [4.69, 9.17) is 0 Å². The van der Waals surface area contributed by atoms with Crippen LogP contribution >= 0.6 is 0 Å². The van der Waals surface area contributed by atoms with Crippen molar-refractivity contribution in [2.45, 2.75) is 58.2 Å². The van der Waals surface area contributed by atoms with E-state index in [0.29, 0.717) is 24.2 Å². The van der Waals surface area contributed by atoms with Crippen molar-refractivity contribution < 1.29 is 9.90 Å². The molecule has 8 nitrogen and oxygen atoms in total. The average molecular weight is 346 g/mol. The van der Waals surface area contributed by atoms with Gasteiger partial charge in [0.1, 0.15) is 11.3 Å². The largest absolute Gasteiger partial charge is 0.381 e. The van der Waals surface area contributed by atoms with Gasteiger partial charge in [-0.2, -0.15) is 5.10 Å². The molecule has 8 heteroatoms. The van der Waals surface area contributed by atoms with Crippen LogP contribution in [0.1, 0.15) is 63.1 Å². The molecule has 25 heavy (non-hydrogen) atoms. The number of rotatable bonds is 3. The Morgan fingerprint density at radius 3 is 2.60 bits per heavy atom. The Labute approximate surface area is 147 Å². The number of carbonyl (C=O) groups is 1. The molecule has 0 radical (unpaired) electrons. The summed E-state index contributed by atoms with van der Waals surface area (Å²) in [4.78, 5) is 14.4. The van der Waals surface area contributed by atoms with Gasteiger partial charge in [-0.15, -0.1) is 5.10 Å². The van der Waals surface area contributed by atoms with Gasteiger partial charge in [-0.25, -0.2) is 4.68 Å². The smallest absolute Gasteiger partial charge is 0.257 e. The number of hydrogen-bond acceptors (Lipinski definition) is 5. The average Bonchev–Trinajstić information content (AvgIpc) is 3.25. The van der Waals surface area contributed by atoms with Gasteiger partial charge in [-0.3, -0.25) is 9.48 Å². The topological polar surface area (TPSA) is 89.1 Å². The van der Waals surface area contributed by atoms with Gasteiger partial charge < -0.3 is 10.0 Å². The van der Waals surface area contributed by atoms with E-state index in [2.05, 4.69) is 15.4 Å². The molecule has 1 fully saturated rings. The molecule has 136 valence electrons. The van der Waals surface area contributed by atoms with Crippen molar-refractivity contribution in [1.29, 1.82) is 0 Å². The molecule has 0 aromatic carbocycles. The van der Waals surface area contributed by atoms with Gasteiger partial charge in [0.25, 0.3) is 5.91 Å². The number of hydrogen-bond donors (Lipinski definition) is 1. The highest BCUT2D eigenvalue weighted by Crippen LogP contribution is 2.31. The fraction of sp³-hybridized carbons (Fsp3) is 0.647. The molecule has 1 amide bonds. The molecular formula is C17H26N6O2. The normalized spacial score (nSPS) is 21.3. The summed E-state index contributed by atoms with van der Waals surface area (Å²) in [6.07, 6.45) is 5.55. The number of likely N-dealkylation sites (tertiary alicyclic amines) is 1. The van der Waals surface area contributed by atoms with Crippen LogP contribution in [0, 0.1) is 0 Å². The van der Waals surface area contributed by atoms with Crippen molar-refractivity contribution in [3.63, 3.8) is 0 Å². The molecule has 1 atom stereocenters. The van der Waals surface area contributed by atoms with Gasteiger partial charge >= 0.3 is 0 Å². The number of aromatic nitrogens is 5. The molecule has 0 saturated carbocycles. The molecule has 2 aromatic heterocycles. The summed E-state index contributed by atoms with van der Waals surface area (Å²) in [6.45, 7) is 10.8. The van der Waals surface area contributed by atoms with Crippen LogP contribution in [0.25, 0.3) is 0 Å². The number of β-amino-alcohol motifs (C(OH)–C–C–N with tert-alkyl or cyclic N) is 1. The Hall–Kier alpha value is -2.22. The minimum atomic E-state index is -1.15. The van der Waals surface area contributed by atoms with E-state index in [1.165, 1.54) is 0 Å². The number of nitrogens with zero attached hydrogens (tertiary/aromatic N) is 6. The summed E-state index contributed by atoms with van der Waals surface area (Å²) in [5.74, 6) is -0.123. The lowest BCUT2D eigenvalue weighted by molar-refractivity contribution is 0.0381. The third kappa shape index (κ3) is 3.30. The van der Waals surface area contributed by atoms with Gasteiger partial charge in [0.05, 0.1) is 30.0 Å². The molecule has 1 N–H and O–H groups in total. The number of carbonyl (C=O) groups excluding carboxylic acids is 1. The van der Waals surface area contributed by atoms with Gasteiger partial charge in [0.15, 0.2) is 0 Å². The maximum atomic E-state index is 12.7. The van der Waals surface area contributed by atoms with Crippen LogP contribution in [0.5, 0.6) is 0 Å². The predicted molar refractivity (Wildman–Crippen MR) is 92.0 cm³/mol. The van der Waals surface area contributed by atoms with E-state index in [1.54, 1.807) is 32.9 Å². The first-order valence-electron chi connectivity index (χ1n) is 8.59. The molecule has 1 saturated heterocycles. The quantitative estimate of drug-likeness (QED) is 0.911. The number of amides is 1. The lowest BCUT2D eigenvalue weighted by atomic mass is 10.00. The molecule has 0 spiro atoms. The standard InChI is InChI=1S/C17H26N6O2/c1-12(2)22-10-14(19-20-22)17(25)6-7-21(11-17)15(24)13-8-18-23(9-13)16(3,4)5/h8-10,12,25H,6-7,11H2,1-5H3/t17-/m1/s1. The van der Waals surface area contributed by atoms with E-state index in [0.717, 1.165) is 0 Å². The second-order valence-electron chi connectivity index (χ2n) is 8.03. The van der Waals surface area contributed by atoms with Crippen LogP contribution in [-0.4, -0.2) is 53.8 Å². The minimum Gasteiger partial charge on any atom is -0.381 e. The van der Waals surface area contributed by atoms with Crippen molar-refractivity contribution in [3.8, 4) is 0 Å². The van der Waals surface area contributed by atoms with Crippen LogP contribution in [0.4, 0.5) is 0 Å². The van der Waals surface area contributed by atoms with Crippen molar-refractivity contribution in [2.75, 3.05) is 13.1 Å². The Bertz CT molecular complexity index is 772. The first kappa shape index (κ1) is 17.6. The van der Waals surface area contributed by atoms with Crippen molar-refractivity contribution in [3.05, 3.63) is 29.8 Å². The van der Waals surface area contributed by atoms with Crippen LogP contribution < -0.4 is 0 Å². The molecule has 1 aliphatic heterocycles. The molecule has 2 aromatic rings. The first-order valence-corrected chi connectivity index (χ1v) is 8.59. The van der Waals surface area contributed by atoms with Gasteiger partial charge in [0.2, 0.25) is 0 Å². The van der Waals surface area contributed by atoms with Crippen molar-refractivity contribution in [1.82, 2.24) is 29.7 Å². The highest BCUT2D eigenvalue weighted by atomic mass is 16.3. The summed E-state index contributed by atoms with van der Waals surface area (Å²) in [6, 6.07) is 0.173. The maximum absolute atomic E-state index is 12.7. The zero-order chi connectivity index (χ0) is 18.4. The summed E-state index contributed by atoms with van der Waals surface area (Å²) < 4.78 is 3.49. The number of aliphatic hydroxyl groups is 1. The van der Waals surface area contributed by atoms with E-state index < -0.39 is 5.60 Å². The van der Waals surface area contributed by atoms with Crippen molar-refractivity contribution in [2.24, 2.45) is 0 Å². The summed E-state index contributed by atoms with van der Waals surface area (Å²) in [5, 5.41) is 23.4. The Kier molecular flexibility index (Phi) is 4.18. The van der Waals surface area contributed by atoms with E-state index in [9.17, 15) is 9.90 Å². The monoisotopic (exact) mass is 346 g/mol. The first-order chi connectivity index (χ1) is 11.6. The highest BCUT2D eigenvalue weighted by Gasteiger charge is 2.42. The third-order valence-electron chi connectivity index (χ3n) is 4.57. The van der Waals surface area contributed by atoms with E-state index in [-0.39, 0.29) is 24.0 Å². The lowest BCUT2D eigenvalue weighted by Gasteiger charge is -2.21. The summed E-state index contributed by atoms with van der Waals surface area (Å²) >= 11 is 0. The van der Waals surface area contributed by atoms with Gasteiger partial charge in [0, 0.05) is 25.2 Å². The SMILES string of the molecule is CC(C)n1cc([C@@]2(O)CCN(C(=O)c3cnn(C(C)(C)C)c3)C2)nn1. The van der Waals surface area contributed by atoms with Gasteiger partial charge in [-0.1, -0.05) is 5.21 Å². The van der Waals surface area contributed by atoms with Crippen LogP contribution in [-0.2, 0) is 11.1 Å². The third-order valence-corrected chi connectivity index (χ3v) is 4.57. The summed E-state index contributed by atoms with van der Waals surface area (Å²) in [5.41, 5.74) is -0.283. The fourth-order valence-corrected chi connectivity index (χ4v) is 2.90. The highest BCUT2D eigenvalue weighted by molar-refractivity contribution is 5.94. The Morgan fingerprint density at radius 1 is 1.32 bits per heavy atom. The second-order valence-corrected chi connectivity index (χ2v) is 8.03.